The largest absolute Gasteiger partial charge is 0.343 e. The van der Waals surface area contributed by atoms with Crippen molar-refractivity contribution < 1.29 is 14.0 Å². The van der Waals surface area contributed by atoms with Crippen molar-refractivity contribution in [2.24, 2.45) is 0 Å². The van der Waals surface area contributed by atoms with Crippen LogP contribution < -0.4 is 10.6 Å². The molecule has 0 saturated heterocycles. The highest BCUT2D eigenvalue weighted by Gasteiger charge is 2.14. The average molecular weight is 365 g/mol. The molecule has 0 unspecified atom stereocenters. The molecule has 2 aromatic carbocycles. The molecule has 0 radical (unpaired) electrons. The van der Waals surface area contributed by atoms with E-state index in [4.69, 9.17) is 0 Å². The summed E-state index contributed by atoms with van der Waals surface area (Å²) in [7, 11) is 0. The van der Waals surface area contributed by atoms with E-state index in [-0.39, 0.29) is 18.3 Å². The molecule has 138 valence electrons. The molecule has 0 aliphatic rings. The van der Waals surface area contributed by atoms with Gasteiger partial charge in [-0.05, 0) is 50.1 Å². The van der Waals surface area contributed by atoms with Gasteiger partial charge in [-0.15, -0.1) is 0 Å². The second-order valence-electron chi connectivity index (χ2n) is 6.46. The van der Waals surface area contributed by atoms with E-state index < -0.39 is 5.91 Å². The number of carbonyl (C=O) groups excluding carboxylic acids is 2. The van der Waals surface area contributed by atoms with E-state index in [1.165, 1.54) is 12.1 Å². The smallest absolute Gasteiger partial charge is 0.253 e. The van der Waals surface area contributed by atoms with E-state index in [0.29, 0.717) is 22.2 Å². The molecule has 2 N–H and O–H groups in total. The first kappa shape index (κ1) is 18.5. The van der Waals surface area contributed by atoms with Crippen LogP contribution in [0.25, 0.3) is 10.9 Å². The summed E-state index contributed by atoms with van der Waals surface area (Å²) in [4.78, 5) is 28.9. The number of pyridine rings is 1. The van der Waals surface area contributed by atoms with Crippen molar-refractivity contribution in [3.05, 3.63) is 70.7 Å². The lowest BCUT2D eigenvalue weighted by molar-refractivity contribution is -0.115. The van der Waals surface area contributed by atoms with Gasteiger partial charge < -0.3 is 10.6 Å². The van der Waals surface area contributed by atoms with Crippen LogP contribution in [0.15, 0.2) is 42.5 Å². The second kappa shape index (κ2) is 7.53. The lowest BCUT2D eigenvalue weighted by atomic mass is 10.1. The molecule has 0 saturated carbocycles. The zero-order valence-corrected chi connectivity index (χ0v) is 15.4. The fourth-order valence-electron chi connectivity index (χ4n) is 2.92. The summed E-state index contributed by atoms with van der Waals surface area (Å²) >= 11 is 0. The normalized spacial score (nSPS) is 10.7. The van der Waals surface area contributed by atoms with Crippen molar-refractivity contribution in [3.8, 4) is 0 Å². The molecule has 1 aromatic heterocycles. The van der Waals surface area contributed by atoms with Crippen LogP contribution in [-0.2, 0) is 4.79 Å². The van der Waals surface area contributed by atoms with Crippen LogP contribution in [0, 0.1) is 26.6 Å². The number of nitrogens with one attached hydrogen (secondary N) is 2. The fourth-order valence-corrected chi connectivity index (χ4v) is 2.92. The van der Waals surface area contributed by atoms with Crippen LogP contribution >= 0.6 is 0 Å². The van der Waals surface area contributed by atoms with Crippen LogP contribution in [-0.4, -0.2) is 23.3 Å². The molecule has 5 nitrogen and oxygen atoms in total. The summed E-state index contributed by atoms with van der Waals surface area (Å²) in [6.07, 6.45) is 0. The van der Waals surface area contributed by atoms with Gasteiger partial charge in [0.1, 0.15) is 5.82 Å². The Morgan fingerprint density at radius 3 is 2.44 bits per heavy atom. The van der Waals surface area contributed by atoms with Crippen LogP contribution in [0.4, 0.5) is 10.1 Å². The maximum absolute atomic E-state index is 13.3. The van der Waals surface area contributed by atoms with Gasteiger partial charge in [-0.25, -0.2) is 4.39 Å². The Bertz CT molecular complexity index is 1030. The van der Waals surface area contributed by atoms with E-state index in [1.54, 1.807) is 19.1 Å². The second-order valence-corrected chi connectivity index (χ2v) is 6.46. The molecule has 27 heavy (non-hydrogen) atoms. The maximum atomic E-state index is 13.3. The minimum atomic E-state index is -0.400. The van der Waals surface area contributed by atoms with E-state index in [9.17, 15) is 14.0 Å². The number of fused-ring (bicyclic) bond motifs is 1. The van der Waals surface area contributed by atoms with Crippen LogP contribution in [0.2, 0.25) is 0 Å². The summed E-state index contributed by atoms with van der Waals surface area (Å²) in [6, 6.07) is 11.6. The summed E-state index contributed by atoms with van der Waals surface area (Å²) in [5, 5.41) is 6.09. The van der Waals surface area contributed by atoms with E-state index in [0.717, 1.165) is 16.8 Å². The standard InChI is InChI=1S/C21H20FN3O2/c1-12-5-4-6-13(2)20(12)25-19(26)11-23-21(27)17-9-15-7-8-16(22)10-18(15)24-14(17)3/h4-10H,11H2,1-3H3,(H,23,27)(H,25,26). The van der Waals surface area contributed by atoms with Crippen molar-refractivity contribution in [3.63, 3.8) is 0 Å². The Kier molecular flexibility index (Phi) is 5.16. The fraction of sp³-hybridized carbons (Fsp3) is 0.190. The molecule has 2 amide bonds. The molecule has 0 aliphatic carbocycles. The average Bonchev–Trinajstić information content (AvgIpc) is 2.62. The predicted molar refractivity (Wildman–Crippen MR) is 103 cm³/mol. The molecule has 0 aliphatic heterocycles. The summed E-state index contributed by atoms with van der Waals surface area (Å²) in [5.41, 5.74) is 3.97. The first-order valence-corrected chi connectivity index (χ1v) is 8.56. The number of benzene rings is 2. The lowest BCUT2D eigenvalue weighted by Crippen LogP contribution is -2.33. The Morgan fingerprint density at radius 2 is 1.74 bits per heavy atom. The third-order valence-corrected chi connectivity index (χ3v) is 4.37. The number of aromatic nitrogens is 1. The third kappa shape index (κ3) is 4.11. The van der Waals surface area contributed by atoms with Gasteiger partial charge in [-0.2, -0.15) is 0 Å². The SMILES string of the molecule is Cc1cccc(C)c1NC(=O)CNC(=O)c1cc2ccc(F)cc2nc1C. The van der Waals surface area contributed by atoms with Gasteiger partial charge in [0.15, 0.2) is 0 Å². The first-order chi connectivity index (χ1) is 12.8. The number of hydrogen-bond donors (Lipinski definition) is 2. The van der Waals surface area contributed by atoms with Gasteiger partial charge >= 0.3 is 0 Å². The number of halogens is 1. The van der Waals surface area contributed by atoms with Gasteiger partial charge in [0.2, 0.25) is 5.91 Å². The minimum Gasteiger partial charge on any atom is -0.343 e. The highest BCUT2D eigenvalue weighted by Crippen LogP contribution is 2.19. The zero-order chi connectivity index (χ0) is 19.6. The number of amides is 2. The molecule has 6 heteroatoms. The van der Waals surface area contributed by atoms with Crippen molar-refractivity contribution in [2.45, 2.75) is 20.8 Å². The summed E-state index contributed by atoms with van der Waals surface area (Å²) in [5.74, 6) is -1.09. The van der Waals surface area contributed by atoms with Gasteiger partial charge in [-0.1, -0.05) is 18.2 Å². The number of anilines is 1. The van der Waals surface area contributed by atoms with E-state index in [2.05, 4.69) is 15.6 Å². The topological polar surface area (TPSA) is 71.1 Å². The van der Waals surface area contributed by atoms with E-state index in [1.807, 2.05) is 32.0 Å². The van der Waals surface area contributed by atoms with E-state index >= 15 is 0 Å². The van der Waals surface area contributed by atoms with Crippen molar-refractivity contribution in [1.82, 2.24) is 10.3 Å². The monoisotopic (exact) mass is 365 g/mol. The molecule has 0 spiro atoms. The first-order valence-electron chi connectivity index (χ1n) is 8.56. The molecule has 3 rings (SSSR count). The Labute approximate surface area is 156 Å². The quantitative estimate of drug-likeness (QED) is 0.741. The number of hydrogen-bond acceptors (Lipinski definition) is 3. The highest BCUT2D eigenvalue weighted by molar-refractivity contribution is 6.02. The molecule has 3 aromatic rings. The predicted octanol–water partition coefficient (Wildman–Crippen LogP) is 3.67. The summed E-state index contributed by atoms with van der Waals surface area (Å²) in [6.45, 7) is 5.34. The number of aryl methyl sites for hydroxylation is 3. The minimum absolute atomic E-state index is 0.159. The molecule has 0 atom stereocenters. The number of para-hydroxylation sites is 1. The van der Waals surface area contributed by atoms with Gasteiger partial charge in [0.05, 0.1) is 23.3 Å². The van der Waals surface area contributed by atoms with Crippen molar-refractivity contribution in [2.75, 3.05) is 11.9 Å². The zero-order valence-electron chi connectivity index (χ0n) is 15.4. The Balaban J connectivity index is 1.70. The van der Waals surface area contributed by atoms with Crippen LogP contribution in [0.1, 0.15) is 27.2 Å². The number of carbonyl (C=O) groups is 2. The van der Waals surface area contributed by atoms with Crippen molar-refractivity contribution >= 4 is 28.4 Å². The molecule has 0 bridgehead atoms. The molecule has 1 heterocycles. The Hall–Kier alpha value is -3.28. The summed E-state index contributed by atoms with van der Waals surface area (Å²) < 4.78 is 13.3. The highest BCUT2D eigenvalue weighted by atomic mass is 19.1. The van der Waals surface area contributed by atoms with Gasteiger partial charge in [-0.3, -0.25) is 14.6 Å². The van der Waals surface area contributed by atoms with Crippen LogP contribution in [0.3, 0.4) is 0 Å². The molecular formula is C21H20FN3O2. The van der Waals surface area contributed by atoms with Gasteiger partial charge in [0.25, 0.3) is 5.91 Å². The lowest BCUT2D eigenvalue weighted by Gasteiger charge is -2.12. The number of rotatable bonds is 4. The molecule has 0 fully saturated rings. The van der Waals surface area contributed by atoms with Crippen molar-refractivity contribution in [1.29, 1.82) is 0 Å². The maximum Gasteiger partial charge on any atom is 0.253 e. The number of nitrogens with zero attached hydrogens (tertiary/aromatic N) is 1. The Morgan fingerprint density at radius 1 is 1.04 bits per heavy atom. The van der Waals surface area contributed by atoms with Crippen LogP contribution in [0.5, 0.6) is 0 Å². The third-order valence-electron chi connectivity index (χ3n) is 4.37. The molecular weight excluding hydrogens is 345 g/mol. The van der Waals surface area contributed by atoms with Gasteiger partial charge in [0, 0.05) is 17.1 Å².